The largest absolute Gasteiger partial charge is 0.232 e. The van der Waals surface area contributed by atoms with Gasteiger partial charge >= 0.3 is 0 Å². The van der Waals surface area contributed by atoms with Crippen molar-refractivity contribution in [3.63, 3.8) is 0 Å². The molecule has 0 fully saturated rings. The smallest absolute Gasteiger partial charge is 0.0158 e. The first-order valence-electron chi connectivity index (χ1n) is 2.38. The minimum Gasteiger partial charge on any atom is -0.232 e. The average Bonchev–Trinajstić information content (AvgIpc) is 1.14. The predicted molar refractivity (Wildman–Crippen MR) is 58.6 cm³/mol. The zero-order valence-corrected chi connectivity index (χ0v) is 7.78. The van der Waals surface area contributed by atoms with E-state index in [0.29, 0.717) is 0 Å². The molecule has 0 aliphatic carbocycles. The zero-order valence-electron chi connectivity index (χ0n) is 6.14. The molecule has 0 atom stereocenters. The Morgan fingerprint density at radius 1 is 0.889 bits per heavy atom. The highest BCUT2D eigenvalue weighted by Crippen LogP contribution is 2.18. The third kappa shape index (κ3) is 8.14. The normalized spacial score (nSPS) is 13.6. The van der Waals surface area contributed by atoms with Gasteiger partial charge in [-0.1, -0.05) is 23.5 Å². The molecule has 0 aliphatic heterocycles. The minimum atomic E-state index is -1.12. The van der Waals surface area contributed by atoms with Crippen molar-refractivity contribution in [2.24, 2.45) is 0 Å². The van der Waals surface area contributed by atoms with Crippen LogP contribution in [-0.2, 0) is 0 Å². The van der Waals surface area contributed by atoms with Gasteiger partial charge in [0.1, 0.15) is 0 Å². The van der Waals surface area contributed by atoms with Crippen LogP contribution in [0, 0.1) is 0 Å². The molecule has 0 rings (SSSR count). The summed E-state index contributed by atoms with van der Waals surface area (Å²) in [6.45, 7) is 0. The minimum absolute atomic E-state index is 1.12. The van der Waals surface area contributed by atoms with E-state index in [-0.39, 0.29) is 0 Å². The summed E-state index contributed by atoms with van der Waals surface area (Å²) >= 11 is 0. The van der Waals surface area contributed by atoms with Crippen LogP contribution in [-0.4, -0.2) is 36.0 Å². The molecule has 56 valence electrons. The van der Waals surface area contributed by atoms with E-state index in [1.807, 2.05) is 12.5 Å². The molecule has 1 N–H and O–H groups in total. The molecule has 0 heterocycles. The zero-order chi connectivity index (χ0) is 7.71. The van der Waals surface area contributed by atoms with E-state index in [0.717, 1.165) is 0 Å². The Hall–Kier alpha value is 0.140. The van der Waals surface area contributed by atoms with Crippen LogP contribution in [0.4, 0.5) is 0 Å². The SMILES string of the molecule is C=S(=C)(C)NS(=C)(=C)C. The Kier molecular flexibility index (Phi) is 2.44. The second-order valence-electron chi connectivity index (χ2n) is 2.63. The van der Waals surface area contributed by atoms with Gasteiger partial charge in [-0.25, -0.2) is 4.13 Å². The molecule has 0 radical (unpaired) electrons. The fraction of sp³-hybridized carbons (Fsp3) is 0.333. The molecule has 0 aromatic rings. The first-order valence-corrected chi connectivity index (χ1v) is 7.14. The van der Waals surface area contributed by atoms with Gasteiger partial charge in [-0.2, -0.15) is 18.8 Å². The van der Waals surface area contributed by atoms with Crippen molar-refractivity contribution in [1.82, 2.24) is 4.13 Å². The Balaban J connectivity index is 4.46. The predicted octanol–water partition coefficient (Wildman–Crippen LogP) is 1.00. The molecule has 0 saturated carbocycles. The summed E-state index contributed by atoms with van der Waals surface area (Å²) in [5.41, 5.74) is 0. The van der Waals surface area contributed by atoms with E-state index >= 15 is 0 Å². The van der Waals surface area contributed by atoms with Crippen LogP contribution in [0.5, 0.6) is 0 Å². The highest BCUT2D eigenvalue weighted by Gasteiger charge is 1.86. The Morgan fingerprint density at radius 2 is 1.11 bits per heavy atom. The summed E-state index contributed by atoms with van der Waals surface area (Å²) in [7, 11) is -2.24. The van der Waals surface area contributed by atoms with Crippen molar-refractivity contribution in [1.29, 1.82) is 0 Å². The van der Waals surface area contributed by atoms with Crippen molar-refractivity contribution in [2.75, 3.05) is 12.5 Å². The van der Waals surface area contributed by atoms with Crippen LogP contribution in [0.3, 0.4) is 0 Å². The number of nitrogens with one attached hydrogen (secondary N) is 1. The van der Waals surface area contributed by atoms with E-state index in [2.05, 4.69) is 27.6 Å². The van der Waals surface area contributed by atoms with Crippen LogP contribution in [0.2, 0.25) is 0 Å². The lowest BCUT2D eigenvalue weighted by molar-refractivity contribution is 1.74. The third-order valence-electron chi connectivity index (χ3n) is 0.402. The average molecular weight is 165 g/mol. The van der Waals surface area contributed by atoms with Crippen molar-refractivity contribution >= 4 is 42.3 Å². The number of hydrogen-bond donors (Lipinski definition) is 1. The quantitative estimate of drug-likeness (QED) is 0.602. The monoisotopic (exact) mass is 165 g/mol. The number of rotatable bonds is 2. The maximum Gasteiger partial charge on any atom is -0.0158 e. The van der Waals surface area contributed by atoms with Gasteiger partial charge in [-0.05, 0) is 12.5 Å². The summed E-state index contributed by atoms with van der Waals surface area (Å²) in [6.07, 6.45) is 3.96. The third-order valence-corrected chi connectivity index (χ3v) is 3.62. The second-order valence-corrected chi connectivity index (χ2v) is 8.40. The first-order chi connectivity index (χ1) is 3.71. The van der Waals surface area contributed by atoms with Gasteiger partial charge in [-0.3, -0.25) is 0 Å². The molecule has 1 nitrogen and oxygen atoms in total. The van der Waals surface area contributed by atoms with Crippen LogP contribution in [0.15, 0.2) is 0 Å². The molecule has 0 aromatic carbocycles. The van der Waals surface area contributed by atoms with E-state index < -0.39 is 18.8 Å². The van der Waals surface area contributed by atoms with Gasteiger partial charge in [0.15, 0.2) is 0 Å². The van der Waals surface area contributed by atoms with Crippen molar-refractivity contribution < 1.29 is 0 Å². The molecule has 0 unspecified atom stereocenters. The van der Waals surface area contributed by atoms with Gasteiger partial charge in [0.2, 0.25) is 0 Å². The van der Waals surface area contributed by atoms with Crippen LogP contribution >= 0.6 is 18.8 Å². The molecular formula is C6H15NS2. The summed E-state index contributed by atoms with van der Waals surface area (Å²) in [5, 5.41) is 0. The maximum absolute atomic E-state index is 3.86. The first kappa shape index (κ1) is 9.14. The topological polar surface area (TPSA) is 12.0 Å². The fourth-order valence-corrected chi connectivity index (χ4v) is 4.37. The highest BCUT2D eigenvalue weighted by atomic mass is 32.3. The summed E-state index contributed by atoms with van der Waals surface area (Å²) in [5.74, 6) is 15.4. The lowest BCUT2D eigenvalue weighted by Crippen LogP contribution is -2.01. The summed E-state index contributed by atoms with van der Waals surface area (Å²) in [6, 6.07) is 0. The summed E-state index contributed by atoms with van der Waals surface area (Å²) in [4.78, 5) is 0. The molecule has 0 aromatic heterocycles. The molecule has 3 heteroatoms. The van der Waals surface area contributed by atoms with Crippen molar-refractivity contribution in [3.8, 4) is 0 Å². The lowest BCUT2D eigenvalue weighted by atomic mass is 11.9. The Bertz CT molecular complexity index is 236. The van der Waals surface area contributed by atoms with Crippen LogP contribution in [0.25, 0.3) is 0 Å². The highest BCUT2D eigenvalue weighted by molar-refractivity contribution is 8.39. The number of hydrogen-bond acceptors (Lipinski definition) is 1. The van der Waals surface area contributed by atoms with E-state index in [1.54, 1.807) is 0 Å². The molecule has 0 aliphatic rings. The molecular weight excluding hydrogens is 150 g/mol. The molecule has 0 bridgehead atoms. The van der Waals surface area contributed by atoms with Gasteiger partial charge in [0, 0.05) is 0 Å². The standard InChI is InChI=1S/C6H15NS2/c1-8(2,3)7-9(4,5)6/h7H,1-2,4-5H2,3,6H3. The van der Waals surface area contributed by atoms with Crippen LogP contribution in [0.1, 0.15) is 0 Å². The second kappa shape index (κ2) is 2.40. The molecule has 0 spiro atoms. The van der Waals surface area contributed by atoms with E-state index in [4.69, 9.17) is 0 Å². The van der Waals surface area contributed by atoms with Gasteiger partial charge in [0.05, 0.1) is 0 Å². The Morgan fingerprint density at radius 3 is 1.11 bits per heavy atom. The molecule has 0 amide bonds. The van der Waals surface area contributed by atoms with Crippen molar-refractivity contribution in [2.45, 2.75) is 0 Å². The van der Waals surface area contributed by atoms with E-state index in [9.17, 15) is 0 Å². The van der Waals surface area contributed by atoms with E-state index in [1.165, 1.54) is 0 Å². The van der Waals surface area contributed by atoms with Gasteiger partial charge in [0.25, 0.3) is 0 Å². The Labute approximate surface area is 59.3 Å². The lowest BCUT2D eigenvalue weighted by Gasteiger charge is -2.15. The fourth-order valence-electron chi connectivity index (χ4n) is 0.486. The maximum atomic E-state index is 3.86. The van der Waals surface area contributed by atoms with Crippen LogP contribution < -0.4 is 4.13 Å². The van der Waals surface area contributed by atoms with Gasteiger partial charge in [-0.15, -0.1) is 0 Å². The summed E-state index contributed by atoms with van der Waals surface area (Å²) < 4.78 is 3.18. The van der Waals surface area contributed by atoms with Crippen molar-refractivity contribution in [3.05, 3.63) is 0 Å². The van der Waals surface area contributed by atoms with Gasteiger partial charge < -0.3 is 0 Å². The molecule has 9 heavy (non-hydrogen) atoms. The molecule has 0 saturated heterocycles.